The van der Waals surface area contributed by atoms with Gasteiger partial charge in [0.2, 0.25) is 0 Å². The number of rotatable bonds is 2. The highest BCUT2D eigenvalue weighted by molar-refractivity contribution is 5.23. The van der Waals surface area contributed by atoms with Crippen LogP contribution in [0.1, 0.15) is 36.9 Å². The van der Waals surface area contributed by atoms with Crippen molar-refractivity contribution in [1.82, 2.24) is 9.97 Å². The second-order valence-corrected chi connectivity index (χ2v) is 3.22. The zero-order valence-corrected chi connectivity index (χ0v) is 7.13. The third kappa shape index (κ3) is 1.15. The van der Waals surface area contributed by atoms with Gasteiger partial charge in [-0.1, -0.05) is 6.92 Å². The van der Waals surface area contributed by atoms with Gasteiger partial charge in [-0.15, -0.1) is 0 Å². The third-order valence-corrected chi connectivity index (χ3v) is 2.30. The van der Waals surface area contributed by atoms with Gasteiger partial charge < -0.3 is 4.98 Å². The predicted molar refractivity (Wildman–Crippen MR) is 46.2 cm³/mol. The van der Waals surface area contributed by atoms with Crippen LogP contribution in [0.5, 0.6) is 0 Å². The molecule has 3 nitrogen and oxygen atoms in total. The molecule has 1 aromatic heterocycles. The Kier molecular flexibility index (Phi) is 1.71. The Morgan fingerprint density at radius 1 is 1.67 bits per heavy atom. The van der Waals surface area contributed by atoms with Crippen LogP contribution in [0.3, 0.4) is 0 Å². The average molecular weight is 164 g/mol. The van der Waals surface area contributed by atoms with E-state index in [1.54, 1.807) is 0 Å². The van der Waals surface area contributed by atoms with Crippen LogP contribution in [0.25, 0.3) is 0 Å². The first-order valence-corrected chi connectivity index (χ1v) is 4.39. The van der Waals surface area contributed by atoms with E-state index in [2.05, 4.69) is 9.97 Å². The lowest BCUT2D eigenvalue weighted by Gasteiger charge is -2.01. The van der Waals surface area contributed by atoms with Crippen LogP contribution >= 0.6 is 0 Å². The number of hydrogen-bond acceptors (Lipinski definition) is 2. The van der Waals surface area contributed by atoms with Gasteiger partial charge in [-0.05, 0) is 19.3 Å². The Hall–Kier alpha value is -1.12. The van der Waals surface area contributed by atoms with Crippen LogP contribution in [-0.2, 0) is 6.42 Å². The molecule has 0 bridgehead atoms. The maximum atomic E-state index is 11.3. The van der Waals surface area contributed by atoms with Crippen molar-refractivity contribution in [2.24, 2.45) is 0 Å². The van der Waals surface area contributed by atoms with Crippen LogP contribution in [-0.4, -0.2) is 9.97 Å². The summed E-state index contributed by atoms with van der Waals surface area (Å²) in [5.41, 5.74) is 1.94. The molecule has 1 aliphatic rings. The van der Waals surface area contributed by atoms with E-state index >= 15 is 0 Å². The van der Waals surface area contributed by atoms with Crippen LogP contribution in [0, 0.1) is 0 Å². The minimum atomic E-state index is 0.0365. The first-order valence-electron chi connectivity index (χ1n) is 4.39. The summed E-state index contributed by atoms with van der Waals surface area (Å²) in [6, 6.07) is 0. The highest BCUT2D eigenvalue weighted by Crippen LogP contribution is 2.39. The highest BCUT2D eigenvalue weighted by Gasteiger charge is 2.27. The summed E-state index contributed by atoms with van der Waals surface area (Å²) < 4.78 is 0. The first kappa shape index (κ1) is 7.53. The van der Waals surface area contributed by atoms with E-state index in [0.29, 0.717) is 5.92 Å². The zero-order chi connectivity index (χ0) is 8.55. The lowest BCUT2D eigenvalue weighted by atomic mass is 10.1. The fourth-order valence-electron chi connectivity index (χ4n) is 1.49. The van der Waals surface area contributed by atoms with Gasteiger partial charge in [0.1, 0.15) is 0 Å². The van der Waals surface area contributed by atoms with E-state index in [0.717, 1.165) is 17.7 Å². The Balaban J connectivity index is 2.51. The summed E-state index contributed by atoms with van der Waals surface area (Å²) in [5.74, 6) is 0.572. The van der Waals surface area contributed by atoms with Gasteiger partial charge in [0.05, 0.1) is 12.0 Å². The summed E-state index contributed by atoms with van der Waals surface area (Å²) in [5, 5.41) is 0. The number of nitrogens with zero attached hydrogens (tertiary/aromatic N) is 1. The van der Waals surface area contributed by atoms with Crippen molar-refractivity contribution in [3.05, 3.63) is 27.9 Å². The maximum Gasteiger partial charge on any atom is 0.254 e. The normalized spacial score (nSPS) is 16.4. The number of nitrogens with one attached hydrogen (secondary N) is 1. The summed E-state index contributed by atoms with van der Waals surface area (Å²) in [4.78, 5) is 18.1. The molecular formula is C9H12N2O. The van der Waals surface area contributed by atoms with E-state index in [4.69, 9.17) is 0 Å². The van der Waals surface area contributed by atoms with E-state index in [-0.39, 0.29) is 5.56 Å². The van der Waals surface area contributed by atoms with Crippen LogP contribution in [0.15, 0.2) is 11.1 Å². The highest BCUT2D eigenvalue weighted by atomic mass is 16.1. The fourth-order valence-corrected chi connectivity index (χ4v) is 1.49. The smallest absolute Gasteiger partial charge is 0.254 e. The summed E-state index contributed by atoms with van der Waals surface area (Å²) >= 11 is 0. The molecular weight excluding hydrogens is 152 g/mol. The fraction of sp³-hybridized carbons (Fsp3) is 0.556. The van der Waals surface area contributed by atoms with E-state index in [1.165, 1.54) is 19.2 Å². The second-order valence-electron chi connectivity index (χ2n) is 3.22. The topological polar surface area (TPSA) is 45.8 Å². The molecule has 0 aliphatic heterocycles. The van der Waals surface area contributed by atoms with Crippen molar-refractivity contribution in [2.45, 2.75) is 32.1 Å². The quantitative estimate of drug-likeness (QED) is 0.714. The lowest BCUT2D eigenvalue weighted by molar-refractivity contribution is 0.898. The van der Waals surface area contributed by atoms with Crippen molar-refractivity contribution >= 4 is 0 Å². The molecule has 0 spiro atoms. The SMILES string of the molecule is CCc1c(C2CC2)nc[nH]c1=O. The van der Waals surface area contributed by atoms with Gasteiger partial charge >= 0.3 is 0 Å². The van der Waals surface area contributed by atoms with Crippen LogP contribution < -0.4 is 5.56 Å². The van der Waals surface area contributed by atoms with Gasteiger partial charge in [0.25, 0.3) is 5.56 Å². The minimum absolute atomic E-state index is 0.0365. The molecule has 0 atom stereocenters. The zero-order valence-electron chi connectivity index (χ0n) is 7.13. The lowest BCUT2D eigenvalue weighted by Crippen LogP contribution is -2.15. The van der Waals surface area contributed by atoms with Crippen LogP contribution in [0.4, 0.5) is 0 Å². The predicted octanol–water partition coefficient (Wildman–Crippen LogP) is 1.21. The Bertz CT molecular complexity index is 339. The van der Waals surface area contributed by atoms with Crippen molar-refractivity contribution < 1.29 is 0 Å². The molecule has 0 radical (unpaired) electrons. The van der Waals surface area contributed by atoms with Gasteiger partial charge in [-0.25, -0.2) is 4.98 Å². The first-order chi connectivity index (χ1) is 5.83. The maximum absolute atomic E-state index is 11.3. The number of aromatic nitrogens is 2. The van der Waals surface area contributed by atoms with Crippen molar-refractivity contribution in [2.75, 3.05) is 0 Å². The molecule has 12 heavy (non-hydrogen) atoms. The molecule has 2 rings (SSSR count). The monoisotopic (exact) mass is 164 g/mol. The molecule has 1 saturated carbocycles. The molecule has 0 aromatic carbocycles. The molecule has 3 heteroatoms. The molecule has 1 aliphatic carbocycles. The van der Waals surface area contributed by atoms with E-state index in [1.807, 2.05) is 6.92 Å². The Morgan fingerprint density at radius 3 is 3.00 bits per heavy atom. The molecule has 1 fully saturated rings. The Labute approximate surface area is 70.9 Å². The number of H-pyrrole nitrogens is 1. The summed E-state index contributed by atoms with van der Waals surface area (Å²) in [6.07, 6.45) is 4.69. The average Bonchev–Trinajstić information content (AvgIpc) is 2.86. The standard InChI is InChI=1S/C9H12N2O/c1-2-7-8(6-3-4-6)10-5-11-9(7)12/h5-6H,2-4H2,1H3,(H,10,11,12). The molecule has 0 unspecified atom stereocenters. The second kappa shape index (κ2) is 2.73. The molecule has 0 saturated heterocycles. The van der Waals surface area contributed by atoms with Gasteiger partial charge in [0.15, 0.2) is 0 Å². The third-order valence-electron chi connectivity index (χ3n) is 2.30. The molecule has 64 valence electrons. The molecule has 0 amide bonds. The van der Waals surface area contributed by atoms with Crippen molar-refractivity contribution in [1.29, 1.82) is 0 Å². The molecule has 1 heterocycles. The van der Waals surface area contributed by atoms with Gasteiger partial charge in [-0.3, -0.25) is 4.79 Å². The Morgan fingerprint density at radius 2 is 2.42 bits per heavy atom. The molecule has 1 N–H and O–H groups in total. The summed E-state index contributed by atoms with van der Waals surface area (Å²) in [7, 11) is 0. The molecule has 1 aromatic rings. The van der Waals surface area contributed by atoms with E-state index < -0.39 is 0 Å². The van der Waals surface area contributed by atoms with Crippen molar-refractivity contribution in [3.8, 4) is 0 Å². The number of hydrogen-bond donors (Lipinski definition) is 1. The van der Waals surface area contributed by atoms with E-state index in [9.17, 15) is 4.79 Å². The minimum Gasteiger partial charge on any atom is -0.313 e. The largest absolute Gasteiger partial charge is 0.313 e. The van der Waals surface area contributed by atoms with Crippen LogP contribution in [0.2, 0.25) is 0 Å². The summed E-state index contributed by atoms with van der Waals surface area (Å²) in [6.45, 7) is 2.00. The van der Waals surface area contributed by atoms with Gasteiger partial charge in [-0.2, -0.15) is 0 Å². The number of aromatic amines is 1. The van der Waals surface area contributed by atoms with Gasteiger partial charge in [0, 0.05) is 11.5 Å². The van der Waals surface area contributed by atoms with Crippen molar-refractivity contribution in [3.63, 3.8) is 0 Å².